The number of hydrogen-bond acceptors (Lipinski definition) is 2. The molecule has 0 bridgehead atoms. The molecular weight excluding hydrogens is 222 g/mol. The normalized spacial score (nSPS) is 17.9. The van der Waals surface area contributed by atoms with E-state index in [0.29, 0.717) is 6.04 Å². The summed E-state index contributed by atoms with van der Waals surface area (Å²) >= 11 is 0. The fraction of sp³-hybridized carbons (Fsp3) is 0.625. The first-order valence-corrected chi connectivity index (χ1v) is 7.23. The van der Waals surface area contributed by atoms with Crippen molar-refractivity contribution in [2.75, 3.05) is 13.7 Å². The average molecular weight is 247 g/mol. The Kier molecular flexibility index (Phi) is 5.06. The van der Waals surface area contributed by atoms with Gasteiger partial charge in [-0.3, -0.25) is 0 Å². The molecule has 1 aliphatic rings. The van der Waals surface area contributed by atoms with Crippen LogP contribution in [0.5, 0.6) is 5.75 Å². The zero-order valence-corrected chi connectivity index (χ0v) is 11.6. The van der Waals surface area contributed by atoms with Gasteiger partial charge in [0.1, 0.15) is 5.75 Å². The highest BCUT2D eigenvalue weighted by Gasteiger charge is 2.20. The van der Waals surface area contributed by atoms with Gasteiger partial charge in [-0.2, -0.15) is 0 Å². The average Bonchev–Trinajstić information content (AvgIpc) is 2.89. The van der Waals surface area contributed by atoms with Crippen LogP contribution in [0.1, 0.15) is 50.6 Å². The van der Waals surface area contributed by atoms with E-state index in [0.717, 1.165) is 18.3 Å². The topological polar surface area (TPSA) is 21.3 Å². The summed E-state index contributed by atoms with van der Waals surface area (Å²) in [6.07, 6.45) is 6.90. The van der Waals surface area contributed by atoms with Crippen LogP contribution in [0.4, 0.5) is 0 Å². The molecule has 2 heteroatoms. The maximum absolute atomic E-state index is 5.58. The van der Waals surface area contributed by atoms with E-state index in [1.165, 1.54) is 37.7 Å². The maximum Gasteiger partial charge on any atom is 0.119 e. The third-order valence-corrected chi connectivity index (χ3v) is 3.96. The fourth-order valence-electron chi connectivity index (χ4n) is 2.99. The minimum absolute atomic E-state index is 0.466. The van der Waals surface area contributed by atoms with Crippen LogP contribution < -0.4 is 10.1 Å². The summed E-state index contributed by atoms with van der Waals surface area (Å²) in [5, 5.41) is 3.46. The Labute approximate surface area is 111 Å². The van der Waals surface area contributed by atoms with Crippen molar-refractivity contribution in [2.24, 2.45) is 5.92 Å². The van der Waals surface area contributed by atoms with Crippen LogP contribution in [-0.2, 0) is 0 Å². The second-order valence-electron chi connectivity index (χ2n) is 5.23. The predicted octanol–water partition coefficient (Wildman–Crippen LogP) is 3.93. The molecule has 1 atom stereocenters. The van der Waals surface area contributed by atoms with Crippen molar-refractivity contribution in [2.45, 2.75) is 45.1 Å². The van der Waals surface area contributed by atoms with E-state index in [-0.39, 0.29) is 0 Å². The van der Waals surface area contributed by atoms with Gasteiger partial charge in [0.05, 0.1) is 6.61 Å². The summed E-state index contributed by atoms with van der Waals surface area (Å²) in [6.45, 7) is 2.76. The Morgan fingerprint density at radius 2 is 2.11 bits per heavy atom. The van der Waals surface area contributed by atoms with Crippen LogP contribution >= 0.6 is 0 Å². The number of hydrogen-bond donors (Lipinski definition) is 1. The van der Waals surface area contributed by atoms with Gasteiger partial charge in [0.2, 0.25) is 0 Å². The van der Waals surface area contributed by atoms with Gasteiger partial charge in [-0.05, 0) is 44.0 Å². The van der Waals surface area contributed by atoms with Gasteiger partial charge in [-0.1, -0.05) is 37.8 Å². The molecule has 0 radical (unpaired) electrons. The minimum Gasteiger partial charge on any atom is -0.494 e. The van der Waals surface area contributed by atoms with Crippen LogP contribution in [-0.4, -0.2) is 13.7 Å². The van der Waals surface area contributed by atoms with Crippen LogP contribution in [0, 0.1) is 5.92 Å². The third-order valence-electron chi connectivity index (χ3n) is 3.96. The number of nitrogens with one attached hydrogen (secondary N) is 1. The predicted molar refractivity (Wildman–Crippen MR) is 76.0 cm³/mol. The van der Waals surface area contributed by atoms with Gasteiger partial charge in [0, 0.05) is 6.04 Å². The van der Waals surface area contributed by atoms with E-state index in [1.54, 1.807) is 0 Å². The smallest absolute Gasteiger partial charge is 0.119 e. The van der Waals surface area contributed by atoms with E-state index in [9.17, 15) is 0 Å². The standard InChI is InChI=1S/C16H25NO/c1-3-18-15-10-6-9-14(12-15)16(17-2)11-13-7-4-5-8-13/h6,9-10,12-13,16-17H,3-5,7-8,11H2,1-2H3. The Morgan fingerprint density at radius 1 is 1.33 bits per heavy atom. The van der Waals surface area contributed by atoms with Gasteiger partial charge in [-0.25, -0.2) is 0 Å². The first-order valence-electron chi connectivity index (χ1n) is 7.23. The molecule has 2 nitrogen and oxygen atoms in total. The van der Waals surface area contributed by atoms with Crippen molar-refractivity contribution in [3.63, 3.8) is 0 Å². The molecule has 100 valence electrons. The summed E-state index contributed by atoms with van der Waals surface area (Å²) in [6, 6.07) is 8.99. The van der Waals surface area contributed by atoms with Crippen LogP contribution in [0.3, 0.4) is 0 Å². The molecule has 1 saturated carbocycles. The summed E-state index contributed by atoms with van der Waals surface area (Å²) in [5.41, 5.74) is 1.36. The molecule has 0 amide bonds. The number of rotatable bonds is 6. The SMILES string of the molecule is CCOc1cccc(C(CC2CCCC2)NC)c1. The highest BCUT2D eigenvalue weighted by molar-refractivity contribution is 5.30. The quantitative estimate of drug-likeness (QED) is 0.822. The van der Waals surface area contributed by atoms with Crippen molar-refractivity contribution >= 4 is 0 Å². The van der Waals surface area contributed by atoms with E-state index < -0.39 is 0 Å². The molecule has 0 saturated heterocycles. The van der Waals surface area contributed by atoms with Gasteiger partial charge in [0.25, 0.3) is 0 Å². The molecule has 1 aromatic carbocycles. The first kappa shape index (κ1) is 13.4. The van der Waals surface area contributed by atoms with Crippen molar-refractivity contribution in [3.05, 3.63) is 29.8 Å². The molecule has 0 aliphatic heterocycles. The lowest BCUT2D eigenvalue weighted by molar-refractivity contribution is 0.338. The lowest BCUT2D eigenvalue weighted by Crippen LogP contribution is -2.19. The number of ether oxygens (including phenoxy) is 1. The summed E-state index contributed by atoms with van der Waals surface area (Å²) < 4.78 is 5.58. The molecule has 1 N–H and O–H groups in total. The highest BCUT2D eigenvalue weighted by Crippen LogP contribution is 2.33. The molecule has 1 fully saturated rings. The summed E-state index contributed by atoms with van der Waals surface area (Å²) in [7, 11) is 2.06. The molecule has 1 aliphatic carbocycles. The largest absolute Gasteiger partial charge is 0.494 e. The van der Waals surface area contributed by atoms with Gasteiger partial charge < -0.3 is 10.1 Å². The van der Waals surface area contributed by atoms with Crippen LogP contribution in [0.25, 0.3) is 0 Å². The van der Waals surface area contributed by atoms with Crippen LogP contribution in [0.15, 0.2) is 24.3 Å². The molecule has 1 aromatic rings. The Morgan fingerprint density at radius 3 is 2.78 bits per heavy atom. The van der Waals surface area contributed by atoms with Crippen molar-refractivity contribution in [3.8, 4) is 5.75 Å². The third kappa shape index (κ3) is 3.49. The highest BCUT2D eigenvalue weighted by atomic mass is 16.5. The zero-order chi connectivity index (χ0) is 12.8. The van der Waals surface area contributed by atoms with E-state index >= 15 is 0 Å². The molecule has 0 spiro atoms. The molecule has 18 heavy (non-hydrogen) atoms. The van der Waals surface area contributed by atoms with Gasteiger partial charge in [-0.15, -0.1) is 0 Å². The Balaban J connectivity index is 2.03. The van der Waals surface area contributed by atoms with Crippen molar-refractivity contribution in [1.29, 1.82) is 0 Å². The first-order chi connectivity index (χ1) is 8.83. The second kappa shape index (κ2) is 6.79. The lowest BCUT2D eigenvalue weighted by Gasteiger charge is -2.21. The molecule has 0 heterocycles. The Bertz CT molecular complexity index is 358. The monoisotopic (exact) mass is 247 g/mol. The minimum atomic E-state index is 0.466. The molecule has 1 unspecified atom stereocenters. The second-order valence-corrected chi connectivity index (χ2v) is 5.23. The Hall–Kier alpha value is -1.02. The molecule has 0 aromatic heterocycles. The molecule has 2 rings (SSSR count). The van der Waals surface area contributed by atoms with E-state index in [2.05, 4.69) is 30.6 Å². The van der Waals surface area contributed by atoms with E-state index in [1.807, 2.05) is 13.0 Å². The zero-order valence-electron chi connectivity index (χ0n) is 11.6. The van der Waals surface area contributed by atoms with Gasteiger partial charge >= 0.3 is 0 Å². The van der Waals surface area contributed by atoms with Crippen molar-refractivity contribution < 1.29 is 4.74 Å². The van der Waals surface area contributed by atoms with Gasteiger partial charge in [0.15, 0.2) is 0 Å². The lowest BCUT2D eigenvalue weighted by atomic mass is 9.93. The summed E-state index contributed by atoms with van der Waals surface area (Å²) in [4.78, 5) is 0. The molecular formula is C16H25NO. The fourth-order valence-corrected chi connectivity index (χ4v) is 2.99. The number of benzene rings is 1. The van der Waals surface area contributed by atoms with Crippen LogP contribution in [0.2, 0.25) is 0 Å². The maximum atomic E-state index is 5.58. The van der Waals surface area contributed by atoms with Crippen molar-refractivity contribution in [1.82, 2.24) is 5.32 Å². The van der Waals surface area contributed by atoms with E-state index in [4.69, 9.17) is 4.74 Å². The summed E-state index contributed by atoms with van der Waals surface area (Å²) in [5.74, 6) is 1.89.